The zero-order valence-corrected chi connectivity index (χ0v) is 16.2. The van der Waals surface area contributed by atoms with E-state index in [4.69, 9.17) is 21.1 Å². The second-order valence-corrected chi connectivity index (χ2v) is 6.79. The molecule has 0 fully saturated rings. The maximum Gasteiger partial charge on any atom is 0.411 e. The van der Waals surface area contributed by atoms with Crippen molar-refractivity contribution in [1.82, 2.24) is 0 Å². The third kappa shape index (κ3) is 6.83. The number of carbonyl (C=O) groups is 2. The Morgan fingerprint density at radius 2 is 1.86 bits per heavy atom. The number of carbonyl (C=O) groups excluding carboxylic acids is 1. The van der Waals surface area contributed by atoms with Gasteiger partial charge >= 0.3 is 12.1 Å². The molecule has 150 valence electrons. The summed E-state index contributed by atoms with van der Waals surface area (Å²) in [5.41, 5.74) is 1.18. The van der Waals surface area contributed by atoms with Gasteiger partial charge in [0.15, 0.2) is 6.10 Å². The minimum atomic E-state index is -1.10. The fourth-order valence-electron chi connectivity index (χ4n) is 2.43. The number of aliphatic carboxylic acids is 1. The van der Waals surface area contributed by atoms with Gasteiger partial charge in [-0.05, 0) is 55.8 Å². The monoisotopic (exact) mass is 409 g/mol. The lowest BCUT2D eigenvalue weighted by Gasteiger charge is -2.17. The SMILES string of the molecule is CC(C)OC(Cc1ccc(F)c(COC(=O)Nc2ccc(Cl)cc2)c1)C(=O)O. The van der Waals surface area contributed by atoms with Crippen molar-refractivity contribution in [2.75, 3.05) is 5.32 Å². The molecule has 0 radical (unpaired) electrons. The standard InChI is InChI=1S/C20H21ClFNO5/c1-12(2)28-18(19(24)25)10-13-3-8-17(22)14(9-13)11-27-20(26)23-16-6-4-15(21)5-7-16/h3-9,12,18H,10-11H2,1-2H3,(H,23,26)(H,24,25). The first-order valence-corrected chi connectivity index (χ1v) is 8.97. The molecule has 2 aromatic carbocycles. The van der Waals surface area contributed by atoms with E-state index in [-0.39, 0.29) is 24.7 Å². The summed E-state index contributed by atoms with van der Waals surface area (Å²) in [6, 6.07) is 10.6. The Balaban J connectivity index is 1.99. The number of anilines is 1. The fraction of sp³-hybridized carbons (Fsp3) is 0.300. The second-order valence-electron chi connectivity index (χ2n) is 6.35. The molecule has 0 bridgehead atoms. The normalized spacial score (nSPS) is 11.9. The van der Waals surface area contributed by atoms with E-state index in [0.29, 0.717) is 16.3 Å². The van der Waals surface area contributed by atoms with Crippen LogP contribution in [-0.4, -0.2) is 29.4 Å². The average molecular weight is 410 g/mol. The molecule has 6 nitrogen and oxygen atoms in total. The van der Waals surface area contributed by atoms with Crippen LogP contribution in [0.4, 0.5) is 14.9 Å². The van der Waals surface area contributed by atoms with Crippen molar-refractivity contribution < 1.29 is 28.6 Å². The molecule has 2 N–H and O–H groups in total. The minimum absolute atomic E-state index is 0.0672. The van der Waals surface area contributed by atoms with E-state index in [0.717, 1.165) is 0 Å². The van der Waals surface area contributed by atoms with E-state index in [1.54, 1.807) is 38.1 Å². The Morgan fingerprint density at radius 3 is 2.46 bits per heavy atom. The van der Waals surface area contributed by atoms with E-state index in [2.05, 4.69) is 5.32 Å². The maximum atomic E-state index is 14.0. The molecule has 0 aliphatic heterocycles. The number of benzene rings is 2. The van der Waals surface area contributed by atoms with Crippen molar-refractivity contribution in [2.24, 2.45) is 0 Å². The molecule has 1 unspecified atom stereocenters. The molecule has 28 heavy (non-hydrogen) atoms. The van der Waals surface area contributed by atoms with Crippen LogP contribution in [0, 0.1) is 5.82 Å². The number of hydrogen-bond acceptors (Lipinski definition) is 4. The van der Waals surface area contributed by atoms with E-state index < -0.39 is 24.0 Å². The topological polar surface area (TPSA) is 84.9 Å². The number of carboxylic acids is 1. The largest absolute Gasteiger partial charge is 0.479 e. The Morgan fingerprint density at radius 1 is 1.18 bits per heavy atom. The Labute approximate surface area is 167 Å². The van der Waals surface area contributed by atoms with Gasteiger partial charge in [-0.2, -0.15) is 0 Å². The number of amides is 1. The summed E-state index contributed by atoms with van der Waals surface area (Å²) in [4.78, 5) is 23.2. The van der Waals surface area contributed by atoms with Crippen LogP contribution < -0.4 is 5.32 Å². The Kier molecular flexibility index (Phi) is 7.78. The molecule has 2 aromatic rings. The van der Waals surface area contributed by atoms with Crippen LogP contribution in [0.5, 0.6) is 0 Å². The van der Waals surface area contributed by atoms with Gasteiger partial charge in [0, 0.05) is 22.7 Å². The lowest BCUT2D eigenvalue weighted by molar-refractivity contribution is -0.153. The van der Waals surface area contributed by atoms with Crippen LogP contribution in [0.1, 0.15) is 25.0 Å². The first kappa shape index (κ1) is 21.7. The molecule has 1 atom stereocenters. The number of nitrogens with one attached hydrogen (secondary N) is 1. The van der Waals surface area contributed by atoms with Crippen molar-refractivity contribution in [2.45, 2.75) is 39.1 Å². The molecule has 0 saturated heterocycles. The molecule has 0 aliphatic rings. The summed E-state index contributed by atoms with van der Waals surface area (Å²) in [5, 5.41) is 12.3. The predicted molar refractivity (Wildman–Crippen MR) is 103 cm³/mol. The molecule has 8 heteroatoms. The number of halogens is 2. The third-order valence-electron chi connectivity index (χ3n) is 3.69. The Bertz CT molecular complexity index is 826. The predicted octanol–water partition coefficient (Wildman–Crippen LogP) is 4.65. The maximum absolute atomic E-state index is 14.0. The lowest BCUT2D eigenvalue weighted by Crippen LogP contribution is -2.29. The van der Waals surface area contributed by atoms with E-state index >= 15 is 0 Å². The van der Waals surface area contributed by atoms with Gasteiger partial charge in [0.1, 0.15) is 12.4 Å². The number of ether oxygens (including phenoxy) is 2. The van der Waals surface area contributed by atoms with Gasteiger partial charge in [0.05, 0.1) is 6.10 Å². The van der Waals surface area contributed by atoms with Gasteiger partial charge in [-0.1, -0.05) is 17.7 Å². The van der Waals surface area contributed by atoms with Crippen molar-refractivity contribution in [3.63, 3.8) is 0 Å². The van der Waals surface area contributed by atoms with Gasteiger partial charge in [-0.3, -0.25) is 5.32 Å². The van der Waals surface area contributed by atoms with Crippen LogP contribution in [0.15, 0.2) is 42.5 Å². The molecule has 0 aliphatic carbocycles. The highest BCUT2D eigenvalue weighted by Crippen LogP contribution is 2.17. The number of hydrogen-bond donors (Lipinski definition) is 2. The van der Waals surface area contributed by atoms with Crippen LogP contribution in [0.25, 0.3) is 0 Å². The van der Waals surface area contributed by atoms with Crippen molar-refractivity contribution in [3.8, 4) is 0 Å². The molecule has 1 amide bonds. The molecule has 0 heterocycles. The third-order valence-corrected chi connectivity index (χ3v) is 3.94. The molecule has 2 rings (SSSR count). The second kappa shape index (κ2) is 10.1. The molecule has 0 aromatic heterocycles. The number of carboxylic acid groups (broad SMARTS) is 1. The van der Waals surface area contributed by atoms with Gasteiger partial charge in [0.25, 0.3) is 0 Å². The Hall–Kier alpha value is -2.64. The molecule has 0 saturated carbocycles. The summed E-state index contributed by atoms with van der Waals surface area (Å²) in [7, 11) is 0. The van der Waals surface area contributed by atoms with Gasteiger partial charge in [-0.25, -0.2) is 14.0 Å². The first-order valence-electron chi connectivity index (χ1n) is 8.59. The summed E-state index contributed by atoms with van der Waals surface area (Å²) in [6.07, 6.45) is -2.00. The molecule has 0 spiro atoms. The summed E-state index contributed by atoms with van der Waals surface area (Å²) >= 11 is 5.77. The highest BCUT2D eigenvalue weighted by molar-refractivity contribution is 6.30. The van der Waals surface area contributed by atoms with Gasteiger partial charge < -0.3 is 14.6 Å². The highest BCUT2D eigenvalue weighted by atomic mass is 35.5. The zero-order valence-electron chi connectivity index (χ0n) is 15.4. The minimum Gasteiger partial charge on any atom is -0.479 e. The van der Waals surface area contributed by atoms with Crippen LogP contribution in [0.3, 0.4) is 0 Å². The van der Waals surface area contributed by atoms with Crippen molar-refractivity contribution in [3.05, 3.63) is 64.4 Å². The van der Waals surface area contributed by atoms with Gasteiger partial charge in [0.2, 0.25) is 0 Å². The quantitative estimate of drug-likeness (QED) is 0.663. The summed E-state index contributed by atoms with van der Waals surface area (Å²) in [5.74, 6) is -1.65. The van der Waals surface area contributed by atoms with E-state index in [1.807, 2.05) is 0 Å². The van der Waals surface area contributed by atoms with E-state index in [1.165, 1.54) is 18.2 Å². The molecular formula is C20H21ClFNO5. The first-order chi connectivity index (χ1) is 13.2. The highest BCUT2D eigenvalue weighted by Gasteiger charge is 2.21. The van der Waals surface area contributed by atoms with E-state index in [9.17, 15) is 19.1 Å². The van der Waals surface area contributed by atoms with Crippen LogP contribution in [-0.2, 0) is 27.3 Å². The fourth-order valence-corrected chi connectivity index (χ4v) is 2.56. The van der Waals surface area contributed by atoms with Crippen molar-refractivity contribution in [1.29, 1.82) is 0 Å². The summed E-state index contributed by atoms with van der Waals surface area (Å²) in [6.45, 7) is 3.17. The average Bonchev–Trinajstić information content (AvgIpc) is 2.63. The lowest BCUT2D eigenvalue weighted by atomic mass is 10.0. The molecular weight excluding hydrogens is 389 g/mol. The van der Waals surface area contributed by atoms with Gasteiger partial charge in [-0.15, -0.1) is 0 Å². The summed E-state index contributed by atoms with van der Waals surface area (Å²) < 4.78 is 24.4. The number of rotatable bonds is 8. The van der Waals surface area contributed by atoms with Crippen LogP contribution in [0.2, 0.25) is 5.02 Å². The zero-order chi connectivity index (χ0) is 20.7. The van der Waals surface area contributed by atoms with Crippen LogP contribution >= 0.6 is 11.6 Å². The smallest absolute Gasteiger partial charge is 0.411 e. The van der Waals surface area contributed by atoms with Crippen molar-refractivity contribution >= 4 is 29.4 Å².